The maximum Gasteiger partial charge on any atom is 0.336 e. The number of benzene rings is 1. The van der Waals surface area contributed by atoms with Crippen LogP contribution in [0.25, 0.3) is 10.9 Å². The molecule has 0 fully saturated rings. The van der Waals surface area contributed by atoms with Crippen molar-refractivity contribution in [3.8, 4) is 0 Å². The smallest absolute Gasteiger partial charge is 0.336 e. The number of rotatable bonds is 5. The molecule has 0 atom stereocenters. The van der Waals surface area contributed by atoms with Crippen LogP contribution >= 0.6 is 0 Å². The Morgan fingerprint density at radius 3 is 2.89 bits per heavy atom. The Labute approximate surface area is 104 Å². The van der Waals surface area contributed by atoms with Gasteiger partial charge < -0.3 is 14.4 Å². The molecule has 94 valence electrons. The van der Waals surface area contributed by atoms with Gasteiger partial charge in [0.15, 0.2) is 6.29 Å². The second kappa shape index (κ2) is 5.01. The number of fused-ring (bicyclic) bond motifs is 1. The van der Waals surface area contributed by atoms with E-state index in [0.717, 1.165) is 5.52 Å². The van der Waals surface area contributed by atoms with Gasteiger partial charge in [-0.05, 0) is 12.1 Å². The zero-order valence-electron chi connectivity index (χ0n) is 9.92. The summed E-state index contributed by atoms with van der Waals surface area (Å²) < 4.78 is 6.82. The van der Waals surface area contributed by atoms with E-state index in [2.05, 4.69) is 0 Å². The molecule has 0 saturated heterocycles. The maximum absolute atomic E-state index is 11.2. The maximum atomic E-state index is 11.2. The molecule has 0 spiro atoms. The van der Waals surface area contributed by atoms with Crippen molar-refractivity contribution in [2.24, 2.45) is 0 Å². The highest BCUT2D eigenvalue weighted by atomic mass is 16.5. The number of methoxy groups -OCH3 is 1. The highest BCUT2D eigenvalue weighted by Crippen LogP contribution is 2.24. The lowest BCUT2D eigenvalue weighted by Crippen LogP contribution is -2.03. The molecule has 0 aliphatic carbocycles. The largest absolute Gasteiger partial charge is 0.478 e. The monoisotopic (exact) mass is 247 g/mol. The number of aromatic carboxylic acids is 1. The first-order valence-electron chi connectivity index (χ1n) is 5.48. The van der Waals surface area contributed by atoms with Crippen LogP contribution in [0, 0.1) is 0 Å². The standard InChI is InChI=1S/C13H13NO4/c1-18-6-5-14-7-9(8-15)12-10(13(16)17)3-2-4-11(12)14/h2-4,7-8H,5-6H2,1H3,(H,16,17). The number of carbonyl (C=O) groups is 2. The van der Waals surface area contributed by atoms with Gasteiger partial charge in [0.25, 0.3) is 0 Å². The first kappa shape index (κ1) is 12.3. The molecule has 0 aliphatic rings. The summed E-state index contributed by atoms with van der Waals surface area (Å²) in [6.45, 7) is 1.07. The molecule has 0 bridgehead atoms. The number of carboxylic acid groups (broad SMARTS) is 1. The number of ether oxygens (including phenoxy) is 1. The molecule has 0 amide bonds. The Balaban J connectivity index is 2.66. The van der Waals surface area contributed by atoms with Crippen LogP contribution in [0.3, 0.4) is 0 Å². The van der Waals surface area contributed by atoms with E-state index in [4.69, 9.17) is 9.84 Å². The lowest BCUT2D eigenvalue weighted by molar-refractivity contribution is 0.0699. The number of hydrogen-bond donors (Lipinski definition) is 1. The van der Waals surface area contributed by atoms with Gasteiger partial charge in [0.1, 0.15) is 0 Å². The van der Waals surface area contributed by atoms with Crippen molar-refractivity contribution in [1.82, 2.24) is 4.57 Å². The Morgan fingerprint density at radius 1 is 1.50 bits per heavy atom. The minimum atomic E-state index is -1.03. The third-order valence-corrected chi connectivity index (χ3v) is 2.83. The van der Waals surface area contributed by atoms with Crippen LogP contribution in [-0.4, -0.2) is 35.6 Å². The Morgan fingerprint density at radius 2 is 2.28 bits per heavy atom. The van der Waals surface area contributed by atoms with Crippen LogP contribution in [0.2, 0.25) is 0 Å². The Bertz CT molecular complexity index is 600. The van der Waals surface area contributed by atoms with Crippen LogP contribution in [0.15, 0.2) is 24.4 Å². The van der Waals surface area contributed by atoms with Gasteiger partial charge in [0.2, 0.25) is 0 Å². The molecular formula is C13H13NO4. The predicted octanol–water partition coefficient (Wildman–Crippen LogP) is 1.80. The fourth-order valence-corrected chi connectivity index (χ4v) is 2.03. The lowest BCUT2D eigenvalue weighted by Gasteiger charge is -2.04. The van der Waals surface area contributed by atoms with Gasteiger partial charge >= 0.3 is 5.97 Å². The van der Waals surface area contributed by atoms with Crippen LogP contribution in [0.5, 0.6) is 0 Å². The van der Waals surface area contributed by atoms with E-state index < -0.39 is 5.97 Å². The summed E-state index contributed by atoms with van der Waals surface area (Å²) in [6.07, 6.45) is 2.33. The number of hydrogen-bond acceptors (Lipinski definition) is 3. The SMILES string of the molecule is COCCn1cc(C=O)c2c(C(=O)O)cccc21. The van der Waals surface area contributed by atoms with Crippen molar-refractivity contribution in [3.63, 3.8) is 0 Å². The van der Waals surface area contributed by atoms with Gasteiger partial charge in [-0.15, -0.1) is 0 Å². The molecule has 0 saturated carbocycles. The summed E-state index contributed by atoms with van der Waals surface area (Å²) in [5.74, 6) is -1.03. The zero-order chi connectivity index (χ0) is 13.1. The third kappa shape index (κ3) is 2.00. The average Bonchev–Trinajstić information content (AvgIpc) is 2.74. The molecular weight excluding hydrogens is 234 g/mol. The number of carboxylic acids is 1. The summed E-state index contributed by atoms with van der Waals surface area (Å²) in [6, 6.07) is 4.96. The zero-order valence-corrected chi connectivity index (χ0v) is 9.92. The van der Waals surface area contributed by atoms with Gasteiger partial charge in [-0.25, -0.2) is 4.79 Å². The summed E-state index contributed by atoms with van der Waals surface area (Å²) >= 11 is 0. The van der Waals surface area contributed by atoms with Crippen molar-refractivity contribution in [2.75, 3.05) is 13.7 Å². The van der Waals surface area contributed by atoms with E-state index >= 15 is 0 Å². The number of aromatic nitrogens is 1. The topological polar surface area (TPSA) is 68.5 Å². The van der Waals surface area contributed by atoms with Crippen molar-refractivity contribution < 1.29 is 19.4 Å². The van der Waals surface area contributed by atoms with E-state index in [9.17, 15) is 9.59 Å². The molecule has 2 rings (SSSR count). The predicted molar refractivity (Wildman–Crippen MR) is 66.2 cm³/mol. The summed E-state index contributed by atoms with van der Waals surface area (Å²) in [5.41, 5.74) is 1.26. The molecule has 5 nitrogen and oxygen atoms in total. The molecule has 0 unspecified atom stereocenters. The van der Waals surface area contributed by atoms with Gasteiger partial charge in [-0.3, -0.25) is 4.79 Å². The van der Waals surface area contributed by atoms with E-state index in [-0.39, 0.29) is 5.56 Å². The highest BCUT2D eigenvalue weighted by Gasteiger charge is 2.15. The molecule has 1 aromatic heterocycles. The number of nitrogens with zero attached hydrogens (tertiary/aromatic N) is 1. The number of aldehydes is 1. The fourth-order valence-electron chi connectivity index (χ4n) is 2.03. The van der Waals surface area contributed by atoms with Crippen LogP contribution in [0.1, 0.15) is 20.7 Å². The van der Waals surface area contributed by atoms with Crippen LogP contribution < -0.4 is 0 Å². The summed E-state index contributed by atoms with van der Waals surface area (Å²) in [7, 11) is 1.59. The lowest BCUT2D eigenvalue weighted by atomic mass is 10.1. The molecule has 0 radical (unpaired) electrons. The molecule has 18 heavy (non-hydrogen) atoms. The second-order valence-electron chi connectivity index (χ2n) is 3.89. The highest BCUT2D eigenvalue weighted by molar-refractivity contribution is 6.09. The van der Waals surface area contributed by atoms with Crippen molar-refractivity contribution >= 4 is 23.2 Å². The quantitative estimate of drug-likeness (QED) is 0.818. The van der Waals surface area contributed by atoms with Crippen molar-refractivity contribution in [3.05, 3.63) is 35.5 Å². The Hall–Kier alpha value is -2.14. The molecule has 1 heterocycles. The average molecular weight is 247 g/mol. The minimum absolute atomic E-state index is 0.144. The fraction of sp³-hybridized carbons (Fsp3) is 0.231. The van der Waals surface area contributed by atoms with Gasteiger partial charge in [0.05, 0.1) is 12.2 Å². The normalized spacial score (nSPS) is 10.7. The first-order valence-corrected chi connectivity index (χ1v) is 5.48. The first-order chi connectivity index (χ1) is 8.69. The summed E-state index contributed by atoms with van der Waals surface area (Å²) in [4.78, 5) is 22.2. The second-order valence-corrected chi connectivity index (χ2v) is 3.89. The van der Waals surface area contributed by atoms with Gasteiger partial charge in [0, 0.05) is 36.3 Å². The molecule has 5 heteroatoms. The van der Waals surface area contributed by atoms with Gasteiger partial charge in [-0.2, -0.15) is 0 Å². The molecule has 2 aromatic rings. The Kier molecular flexibility index (Phi) is 3.43. The van der Waals surface area contributed by atoms with Crippen molar-refractivity contribution in [2.45, 2.75) is 6.54 Å². The van der Waals surface area contributed by atoms with E-state index in [1.807, 2.05) is 4.57 Å². The number of carbonyl (C=O) groups excluding carboxylic acids is 1. The third-order valence-electron chi connectivity index (χ3n) is 2.83. The van der Waals surface area contributed by atoms with Crippen LogP contribution in [0.4, 0.5) is 0 Å². The molecule has 1 N–H and O–H groups in total. The van der Waals surface area contributed by atoms with E-state index in [1.165, 1.54) is 6.07 Å². The summed E-state index contributed by atoms with van der Waals surface area (Å²) in [5, 5.41) is 9.62. The minimum Gasteiger partial charge on any atom is -0.478 e. The molecule has 0 aliphatic heterocycles. The molecule has 1 aromatic carbocycles. The van der Waals surface area contributed by atoms with E-state index in [1.54, 1.807) is 25.4 Å². The van der Waals surface area contributed by atoms with Crippen LogP contribution in [-0.2, 0) is 11.3 Å². The van der Waals surface area contributed by atoms with Gasteiger partial charge in [-0.1, -0.05) is 6.07 Å². The van der Waals surface area contributed by atoms with Crippen molar-refractivity contribution in [1.29, 1.82) is 0 Å². The van der Waals surface area contributed by atoms with E-state index in [0.29, 0.717) is 30.4 Å².